The van der Waals surface area contributed by atoms with Gasteiger partial charge in [0.05, 0.1) is 0 Å². The Bertz CT molecular complexity index is 1000. The lowest BCUT2D eigenvalue weighted by Crippen LogP contribution is -2.24. The van der Waals surface area contributed by atoms with Gasteiger partial charge in [0, 0.05) is 59.1 Å². The van der Waals surface area contributed by atoms with E-state index < -0.39 is 0 Å². The molecule has 0 bridgehead atoms. The van der Waals surface area contributed by atoms with E-state index in [0.29, 0.717) is 22.8 Å². The van der Waals surface area contributed by atoms with Crippen molar-refractivity contribution in [2.45, 2.75) is 53.0 Å². The van der Waals surface area contributed by atoms with Crippen LogP contribution >= 0.6 is 0 Å². The predicted octanol–water partition coefficient (Wildman–Crippen LogP) is 4.89. The number of rotatable bonds is 7. The highest BCUT2D eigenvalue weighted by Gasteiger charge is 2.27. The summed E-state index contributed by atoms with van der Waals surface area (Å²) in [4.78, 5) is 25.0. The van der Waals surface area contributed by atoms with E-state index in [1.54, 1.807) is 13.0 Å². The van der Waals surface area contributed by atoms with Crippen molar-refractivity contribution in [1.29, 1.82) is 0 Å². The van der Waals surface area contributed by atoms with E-state index in [1.807, 2.05) is 32.0 Å². The van der Waals surface area contributed by atoms with E-state index in [2.05, 4.69) is 17.6 Å². The molecule has 2 aromatic rings. The Balaban J connectivity index is 2.04. The van der Waals surface area contributed by atoms with E-state index in [1.165, 1.54) is 0 Å². The summed E-state index contributed by atoms with van der Waals surface area (Å²) >= 11 is 0. The van der Waals surface area contributed by atoms with Crippen LogP contribution in [-0.2, 0) is 9.53 Å². The average Bonchev–Trinajstić information content (AvgIpc) is 3.03. The third-order valence-electron chi connectivity index (χ3n) is 6.23. The van der Waals surface area contributed by atoms with Gasteiger partial charge in [-0.05, 0) is 64.2 Å². The number of para-hydroxylation sites is 1. The fraction of sp³-hybridized carbons (Fsp3) is 0.440. The van der Waals surface area contributed by atoms with E-state index in [4.69, 9.17) is 10.5 Å². The second kappa shape index (κ2) is 9.43. The summed E-state index contributed by atoms with van der Waals surface area (Å²) in [6.07, 6.45) is 4.63. The number of allylic oxidation sites excluding steroid dienone is 4. The van der Waals surface area contributed by atoms with Gasteiger partial charge >= 0.3 is 0 Å². The molecule has 160 valence electrons. The van der Waals surface area contributed by atoms with E-state index >= 15 is 0 Å². The van der Waals surface area contributed by atoms with Gasteiger partial charge in [0.25, 0.3) is 0 Å². The highest BCUT2D eigenvalue weighted by molar-refractivity contribution is 6.11. The number of aromatic nitrogens is 1. The first-order chi connectivity index (χ1) is 14.3. The number of nitrogens with zero attached hydrogens (tertiary/aromatic N) is 1. The number of benzene rings is 1. The van der Waals surface area contributed by atoms with Crippen LogP contribution in [0.1, 0.15) is 62.1 Å². The Kier molecular flexibility index (Phi) is 6.93. The van der Waals surface area contributed by atoms with Gasteiger partial charge in [-0.1, -0.05) is 18.2 Å². The fourth-order valence-corrected chi connectivity index (χ4v) is 4.65. The average molecular weight is 409 g/mol. The number of ether oxygens (including phenoxy) is 1. The monoisotopic (exact) mass is 408 g/mol. The fourth-order valence-electron chi connectivity index (χ4n) is 4.65. The third-order valence-corrected chi connectivity index (χ3v) is 6.23. The summed E-state index contributed by atoms with van der Waals surface area (Å²) in [6, 6.07) is 8.33. The van der Waals surface area contributed by atoms with Crippen LogP contribution in [0.2, 0.25) is 0 Å². The van der Waals surface area contributed by atoms with Crippen LogP contribution in [-0.4, -0.2) is 29.9 Å². The first-order valence-electron chi connectivity index (χ1n) is 10.6. The molecular formula is C25H32N2O3. The quantitative estimate of drug-likeness (QED) is 0.306. The van der Waals surface area contributed by atoms with Crippen molar-refractivity contribution >= 4 is 23.0 Å². The van der Waals surface area contributed by atoms with Crippen LogP contribution in [0.15, 0.2) is 47.2 Å². The molecule has 1 aliphatic heterocycles. The van der Waals surface area contributed by atoms with Gasteiger partial charge in [-0.15, -0.1) is 0 Å². The summed E-state index contributed by atoms with van der Waals surface area (Å²) in [5, 5.41) is 0.951. The topological polar surface area (TPSA) is 74.3 Å². The van der Waals surface area contributed by atoms with Crippen LogP contribution in [0.5, 0.6) is 0 Å². The molecule has 1 aromatic heterocycles. The van der Waals surface area contributed by atoms with Crippen molar-refractivity contribution in [3.05, 3.63) is 58.4 Å². The van der Waals surface area contributed by atoms with Gasteiger partial charge in [0.15, 0.2) is 5.78 Å². The highest BCUT2D eigenvalue weighted by Crippen LogP contribution is 2.36. The smallest absolute Gasteiger partial charge is 0.169 e. The number of hydrogen-bond acceptors (Lipinski definition) is 4. The molecule has 0 radical (unpaired) electrons. The Morgan fingerprint density at radius 3 is 2.57 bits per heavy atom. The maximum atomic E-state index is 13.4. The Hall–Kier alpha value is -2.66. The van der Waals surface area contributed by atoms with Crippen LogP contribution in [0, 0.1) is 12.8 Å². The summed E-state index contributed by atoms with van der Waals surface area (Å²) in [6.45, 7) is 9.42. The van der Waals surface area contributed by atoms with Gasteiger partial charge in [-0.2, -0.15) is 0 Å². The second-order valence-corrected chi connectivity index (χ2v) is 8.35. The molecule has 1 atom stereocenters. The van der Waals surface area contributed by atoms with E-state index in [-0.39, 0.29) is 18.2 Å². The largest absolute Gasteiger partial charge is 0.402 e. The van der Waals surface area contributed by atoms with Crippen molar-refractivity contribution in [2.75, 3.05) is 13.2 Å². The standard InChI is InChI=1S/C25H32N2O3/c1-16(13-17(2)26)21(15-28)14-24(29)25-19(4)27(23-8-6-5-7-22(23)25)18(3)20-9-11-30-12-10-20/h5-8,13,15,18,20H,9-12,14,26H2,1-4H3/b17-13-,21-16-/t18-/m1/s1. The number of hydrogen-bond donors (Lipinski definition) is 1. The number of carbonyl (C=O) groups is 2. The molecule has 0 aliphatic carbocycles. The molecule has 0 unspecified atom stereocenters. The zero-order chi connectivity index (χ0) is 21.8. The molecule has 2 N–H and O–H groups in total. The molecule has 1 aliphatic rings. The summed E-state index contributed by atoms with van der Waals surface area (Å²) in [5.74, 6) is 0.479. The maximum absolute atomic E-state index is 13.4. The molecule has 1 saturated heterocycles. The number of fused-ring (bicyclic) bond motifs is 1. The van der Waals surface area contributed by atoms with Gasteiger partial charge in [0.1, 0.15) is 6.29 Å². The zero-order valence-electron chi connectivity index (χ0n) is 18.4. The van der Waals surface area contributed by atoms with E-state index in [0.717, 1.165) is 54.5 Å². The van der Waals surface area contributed by atoms with Crippen molar-refractivity contribution in [3.63, 3.8) is 0 Å². The summed E-state index contributed by atoms with van der Waals surface area (Å²) in [7, 11) is 0. The first-order valence-corrected chi connectivity index (χ1v) is 10.6. The molecule has 30 heavy (non-hydrogen) atoms. The summed E-state index contributed by atoms with van der Waals surface area (Å²) < 4.78 is 7.84. The van der Waals surface area contributed by atoms with Gasteiger partial charge in [-0.3, -0.25) is 9.59 Å². The predicted molar refractivity (Wildman–Crippen MR) is 121 cm³/mol. The van der Waals surface area contributed by atoms with E-state index in [9.17, 15) is 9.59 Å². The minimum absolute atomic E-state index is 0.0360. The molecule has 1 aromatic carbocycles. The molecule has 0 amide bonds. The summed E-state index contributed by atoms with van der Waals surface area (Å²) in [5.41, 5.74) is 10.3. The van der Waals surface area contributed by atoms with Gasteiger partial charge in [0.2, 0.25) is 0 Å². The molecule has 5 heteroatoms. The van der Waals surface area contributed by atoms with Gasteiger partial charge < -0.3 is 15.0 Å². The van der Waals surface area contributed by atoms with Crippen molar-refractivity contribution in [3.8, 4) is 0 Å². The van der Waals surface area contributed by atoms with Crippen molar-refractivity contribution < 1.29 is 14.3 Å². The minimum Gasteiger partial charge on any atom is -0.402 e. The molecule has 5 nitrogen and oxygen atoms in total. The highest BCUT2D eigenvalue weighted by atomic mass is 16.5. The molecule has 3 rings (SSSR count). The van der Waals surface area contributed by atoms with Crippen molar-refractivity contribution in [1.82, 2.24) is 4.57 Å². The maximum Gasteiger partial charge on any atom is 0.169 e. The Morgan fingerprint density at radius 2 is 1.93 bits per heavy atom. The lowest BCUT2D eigenvalue weighted by molar-refractivity contribution is -0.105. The first kappa shape index (κ1) is 22.0. The number of nitrogens with two attached hydrogens (primary N) is 1. The SMILES string of the molecule is C/C(N)=C/C(C)=C(\C=O)CC(=O)c1c(C)n([C@H](C)C2CCOCC2)c2ccccc12. The molecule has 0 spiro atoms. The number of aldehydes is 1. The molecule has 0 saturated carbocycles. The third kappa shape index (κ3) is 4.41. The van der Waals surface area contributed by atoms with Crippen LogP contribution in [0.25, 0.3) is 10.9 Å². The van der Waals surface area contributed by atoms with Crippen LogP contribution in [0.3, 0.4) is 0 Å². The zero-order valence-corrected chi connectivity index (χ0v) is 18.4. The lowest BCUT2D eigenvalue weighted by Gasteiger charge is -2.30. The normalized spacial score (nSPS) is 17.7. The second-order valence-electron chi connectivity index (χ2n) is 8.35. The number of carbonyl (C=O) groups excluding carboxylic acids is 2. The molecular weight excluding hydrogens is 376 g/mol. The molecule has 1 fully saturated rings. The van der Waals surface area contributed by atoms with Crippen LogP contribution in [0.4, 0.5) is 0 Å². The Morgan fingerprint density at radius 1 is 1.27 bits per heavy atom. The molecule has 2 heterocycles. The van der Waals surface area contributed by atoms with Gasteiger partial charge in [-0.25, -0.2) is 0 Å². The Labute approximate surface area is 178 Å². The number of Topliss-reactive ketones (excluding diaryl/α,β-unsaturated/α-hetero) is 1. The number of ketones is 1. The van der Waals surface area contributed by atoms with Crippen molar-refractivity contribution in [2.24, 2.45) is 11.7 Å². The lowest BCUT2D eigenvalue weighted by atomic mass is 9.92. The van der Waals surface area contributed by atoms with Crippen LogP contribution < -0.4 is 5.73 Å². The minimum atomic E-state index is -0.0360.